The van der Waals surface area contributed by atoms with Crippen LogP contribution < -0.4 is 0 Å². The van der Waals surface area contributed by atoms with Crippen molar-refractivity contribution in [2.24, 2.45) is 0 Å². The zero-order valence-corrected chi connectivity index (χ0v) is 17.6. The maximum Gasteiger partial charge on any atom is 0.0758 e. The van der Waals surface area contributed by atoms with Gasteiger partial charge in [0.2, 0.25) is 0 Å². The maximum atomic E-state index is 9.97. The van der Waals surface area contributed by atoms with Gasteiger partial charge in [-0.1, -0.05) is 0 Å². The Morgan fingerprint density at radius 3 is 0.667 bits per heavy atom. The van der Waals surface area contributed by atoms with E-state index in [4.69, 9.17) is 25.7 Å². The molecule has 2 aliphatic carbocycles. The van der Waals surface area contributed by atoms with Gasteiger partial charge in [0, 0.05) is 25.7 Å². The Labute approximate surface area is 180 Å². The second-order valence-corrected chi connectivity index (χ2v) is 8.42. The normalized spacial score (nSPS) is 34.7. The van der Waals surface area contributed by atoms with Crippen molar-refractivity contribution in [2.45, 2.75) is 99.5 Å². The first kappa shape index (κ1) is 30.2. The van der Waals surface area contributed by atoms with E-state index in [1.165, 1.54) is 0 Å². The molecule has 6 nitrogen and oxygen atoms in total. The second-order valence-electron chi connectivity index (χ2n) is 8.42. The standard InChI is InChI=1S/2C12H16O2.2H2O/c2*1-3-5-11(13)7-9-12(14,6-4-2)10-8-11;;/h2*1-2,13-14H,5-10H2;2*1H2. The minimum Gasteiger partial charge on any atom is -0.412 e. The largest absolute Gasteiger partial charge is 0.412 e. The fourth-order valence-corrected chi connectivity index (χ4v) is 3.83. The molecule has 0 bridgehead atoms. The fraction of sp³-hybridized carbons (Fsp3) is 0.667. The highest BCUT2D eigenvalue weighted by molar-refractivity contribution is 5.05. The molecule has 0 aliphatic heterocycles. The summed E-state index contributed by atoms with van der Waals surface area (Å²) in [7, 11) is 0. The van der Waals surface area contributed by atoms with E-state index in [1.54, 1.807) is 0 Å². The summed E-state index contributed by atoms with van der Waals surface area (Å²) in [4.78, 5) is 0. The van der Waals surface area contributed by atoms with Gasteiger partial charge >= 0.3 is 0 Å². The van der Waals surface area contributed by atoms with Crippen LogP contribution in [0.3, 0.4) is 0 Å². The van der Waals surface area contributed by atoms with Crippen LogP contribution in [0.4, 0.5) is 0 Å². The predicted molar refractivity (Wildman–Crippen MR) is 118 cm³/mol. The molecule has 0 aromatic carbocycles. The third-order valence-electron chi connectivity index (χ3n) is 5.95. The summed E-state index contributed by atoms with van der Waals surface area (Å²) >= 11 is 0. The molecule has 2 rings (SSSR count). The maximum absolute atomic E-state index is 9.97. The Bertz CT molecular complexity index is 548. The Hall–Kier alpha value is -2.00. The molecule has 0 amide bonds. The molecule has 8 N–H and O–H groups in total. The molecule has 6 heteroatoms. The second kappa shape index (κ2) is 12.6. The number of terminal acetylenes is 4. The minimum atomic E-state index is -0.782. The van der Waals surface area contributed by atoms with Crippen molar-refractivity contribution < 1.29 is 31.4 Å². The van der Waals surface area contributed by atoms with Gasteiger partial charge in [-0.3, -0.25) is 0 Å². The molecule has 0 radical (unpaired) electrons. The molecule has 2 aliphatic rings. The third-order valence-corrected chi connectivity index (χ3v) is 5.95. The van der Waals surface area contributed by atoms with E-state index in [2.05, 4.69) is 23.7 Å². The first-order valence-electron chi connectivity index (χ1n) is 9.71. The average Bonchev–Trinajstić information content (AvgIpc) is 2.63. The number of hydrogen-bond donors (Lipinski definition) is 4. The quantitative estimate of drug-likeness (QED) is 0.491. The van der Waals surface area contributed by atoms with Crippen molar-refractivity contribution in [1.82, 2.24) is 0 Å². The first-order chi connectivity index (χ1) is 13.1. The van der Waals surface area contributed by atoms with Crippen LogP contribution in [-0.2, 0) is 0 Å². The van der Waals surface area contributed by atoms with Gasteiger partial charge in [0.15, 0.2) is 0 Å². The van der Waals surface area contributed by atoms with Crippen LogP contribution in [0.1, 0.15) is 77.0 Å². The Kier molecular flexibility index (Phi) is 12.7. The zero-order chi connectivity index (χ0) is 21.3. The molecule has 30 heavy (non-hydrogen) atoms. The highest BCUT2D eigenvalue weighted by Crippen LogP contribution is 2.39. The smallest absolute Gasteiger partial charge is 0.0758 e. The summed E-state index contributed by atoms with van der Waals surface area (Å²) < 4.78 is 0. The van der Waals surface area contributed by atoms with Gasteiger partial charge < -0.3 is 31.4 Å². The van der Waals surface area contributed by atoms with Gasteiger partial charge in [-0.15, -0.1) is 49.4 Å². The van der Waals surface area contributed by atoms with E-state index in [0.29, 0.717) is 77.0 Å². The summed E-state index contributed by atoms with van der Waals surface area (Å²) in [5.41, 5.74) is -3.13. The predicted octanol–water partition coefficient (Wildman–Crippen LogP) is 0.489. The van der Waals surface area contributed by atoms with Crippen LogP contribution in [0.2, 0.25) is 0 Å². The van der Waals surface area contributed by atoms with Gasteiger partial charge in [0.05, 0.1) is 22.4 Å². The van der Waals surface area contributed by atoms with E-state index in [0.717, 1.165) is 0 Å². The van der Waals surface area contributed by atoms with E-state index in [-0.39, 0.29) is 11.0 Å². The van der Waals surface area contributed by atoms with Crippen LogP contribution in [0, 0.1) is 49.4 Å². The Morgan fingerprint density at radius 1 is 0.433 bits per heavy atom. The molecule has 2 fully saturated rings. The molecule has 168 valence electrons. The van der Waals surface area contributed by atoms with E-state index < -0.39 is 22.4 Å². The Morgan fingerprint density at radius 2 is 0.567 bits per heavy atom. The van der Waals surface area contributed by atoms with E-state index in [1.807, 2.05) is 0 Å². The van der Waals surface area contributed by atoms with Crippen LogP contribution in [0.15, 0.2) is 0 Å². The summed E-state index contributed by atoms with van der Waals surface area (Å²) in [5.74, 6) is 9.86. The summed E-state index contributed by atoms with van der Waals surface area (Å²) in [6.45, 7) is 0. The number of aliphatic hydroxyl groups is 4. The lowest BCUT2D eigenvalue weighted by Crippen LogP contribution is -2.42. The summed E-state index contributed by atoms with van der Waals surface area (Å²) in [6.07, 6.45) is 26.4. The molecule has 0 aromatic heterocycles. The molecule has 2 saturated carbocycles. The topological polar surface area (TPSA) is 144 Å². The van der Waals surface area contributed by atoms with Crippen LogP contribution in [-0.4, -0.2) is 53.8 Å². The van der Waals surface area contributed by atoms with E-state index in [9.17, 15) is 20.4 Å². The first-order valence-corrected chi connectivity index (χ1v) is 9.71. The molecule has 0 saturated heterocycles. The monoisotopic (exact) mass is 420 g/mol. The molecule has 0 atom stereocenters. The van der Waals surface area contributed by atoms with Crippen LogP contribution in [0.5, 0.6) is 0 Å². The van der Waals surface area contributed by atoms with Crippen LogP contribution >= 0.6 is 0 Å². The molecule has 0 heterocycles. The number of hydrogen-bond acceptors (Lipinski definition) is 4. The molecular formula is C24H36O6. The minimum absolute atomic E-state index is 0. The lowest BCUT2D eigenvalue weighted by Gasteiger charge is -2.39. The zero-order valence-electron chi connectivity index (χ0n) is 17.6. The number of rotatable bonds is 4. The van der Waals surface area contributed by atoms with Crippen molar-refractivity contribution in [1.29, 1.82) is 0 Å². The third kappa shape index (κ3) is 9.21. The van der Waals surface area contributed by atoms with Gasteiger partial charge in [0.1, 0.15) is 0 Å². The van der Waals surface area contributed by atoms with Gasteiger partial charge in [-0.25, -0.2) is 0 Å². The Balaban J connectivity index is 0. The van der Waals surface area contributed by atoms with Gasteiger partial charge in [-0.2, -0.15) is 0 Å². The summed E-state index contributed by atoms with van der Waals surface area (Å²) in [5, 5.41) is 39.9. The molecule has 0 aromatic rings. The van der Waals surface area contributed by atoms with E-state index >= 15 is 0 Å². The van der Waals surface area contributed by atoms with Crippen molar-refractivity contribution in [2.75, 3.05) is 0 Å². The molecule has 0 unspecified atom stereocenters. The van der Waals surface area contributed by atoms with Gasteiger partial charge in [-0.05, 0) is 51.4 Å². The SMILES string of the molecule is C#CCC1(O)CCC(O)(CC#C)CC1.C#CCC1(O)CCC(O)(CC#C)CC1.O.O. The highest BCUT2D eigenvalue weighted by atomic mass is 16.3. The molecule has 0 spiro atoms. The molecular weight excluding hydrogens is 384 g/mol. The lowest BCUT2D eigenvalue weighted by atomic mass is 9.73. The fourth-order valence-electron chi connectivity index (χ4n) is 3.83. The lowest BCUT2D eigenvalue weighted by molar-refractivity contribution is -0.0755. The van der Waals surface area contributed by atoms with Crippen molar-refractivity contribution in [3.63, 3.8) is 0 Å². The average molecular weight is 421 g/mol. The van der Waals surface area contributed by atoms with Crippen molar-refractivity contribution in [3.8, 4) is 49.4 Å². The van der Waals surface area contributed by atoms with Crippen LogP contribution in [0.25, 0.3) is 0 Å². The highest BCUT2D eigenvalue weighted by Gasteiger charge is 2.40. The summed E-state index contributed by atoms with van der Waals surface area (Å²) in [6, 6.07) is 0. The van der Waals surface area contributed by atoms with Crippen molar-refractivity contribution >= 4 is 0 Å². The van der Waals surface area contributed by atoms with Gasteiger partial charge in [0.25, 0.3) is 0 Å². The van der Waals surface area contributed by atoms with Crippen molar-refractivity contribution in [3.05, 3.63) is 0 Å².